The van der Waals surface area contributed by atoms with Crippen molar-refractivity contribution in [3.8, 4) is 0 Å². The minimum atomic E-state index is -1.04. The van der Waals surface area contributed by atoms with Gasteiger partial charge in [-0.3, -0.25) is 4.79 Å². The average molecular weight is 346 g/mol. The summed E-state index contributed by atoms with van der Waals surface area (Å²) < 4.78 is 0. The quantitative estimate of drug-likeness (QED) is 0.843. The summed E-state index contributed by atoms with van der Waals surface area (Å²) in [5.74, 6) is -1.37. The third-order valence-corrected chi connectivity index (χ3v) is 4.77. The molecule has 5 nitrogen and oxygen atoms in total. The van der Waals surface area contributed by atoms with E-state index in [9.17, 15) is 14.7 Å². The fourth-order valence-corrected chi connectivity index (χ4v) is 3.10. The summed E-state index contributed by atoms with van der Waals surface area (Å²) in [7, 11) is 0. The number of carbonyl (C=O) groups is 2. The van der Waals surface area contributed by atoms with E-state index in [1.54, 1.807) is 0 Å². The van der Waals surface area contributed by atoms with Gasteiger partial charge in [0.15, 0.2) is 0 Å². The molecular formula is C18H22N2O3S. The minimum absolute atomic E-state index is 0.0592. The second-order valence-corrected chi connectivity index (χ2v) is 7.58. The summed E-state index contributed by atoms with van der Waals surface area (Å²) in [6.07, 6.45) is 0.345. The second-order valence-electron chi connectivity index (χ2n) is 6.72. The van der Waals surface area contributed by atoms with Crippen molar-refractivity contribution in [1.82, 2.24) is 10.3 Å². The van der Waals surface area contributed by atoms with Crippen LogP contribution < -0.4 is 5.32 Å². The first-order valence-corrected chi connectivity index (χ1v) is 8.64. The molecule has 1 heterocycles. The van der Waals surface area contributed by atoms with E-state index in [0.717, 1.165) is 10.6 Å². The van der Waals surface area contributed by atoms with Gasteiger partial charge in [0.2, 0.25) is 5.91 Å². The molecule has 0 aliphatic carbocycles. The van der Waals surface area contributed by atoms with E-state index < -0.39 is 12.0 Å². The van der Waals surface area contributed by atoms with Gasteiger partial charge in [-0.2, -0.15) is 0 Å². The maximum absolute atomic E-state index is 12.2. The average Bonchev–Trinajstić information content (AvgIpc) is 2.96. The van der Waals surface area contributed by atoms with Gasteiger partial charge in [-0.15, -0.1) is 11.3 Å². The Labute approximate surface area is 145 Å². The lowest BCUT2D eigenvalue weighted by Crippen LogP contribution is -2.43. The summed E-state index contributed by atoms with van der Waals surface area (Å²) in [4.78, 5) is 28.0. The fourth-order valence-electron chi connectivity index (χ4n) is 2.19. The number of benzene rings is 1. The van der Waals surface area contributed by atoms with Gasteiger partial charge in [-0.1, -0.05) is 51.1 Å². The van der Waals surface area contributed by atoms with E-state index in [1.165, 1.54) is 11.3 Å². The normalized spacial score (nSPS) is 12.6. The molecule has 0 aliphatic heterocycles. The Morgan fingerprint density at radius 2 is 1.92 bits per heavy atom. The van der Waals surface area contributed by atoms with Gasteiger partial charge >= 0.3 is 5.97 Å². The molecule has 1 atom stereocenters. The van der Waals surface area contributed by atoms with E-state index in [4.69, 9.17) is 0 Å². The molecule has 2 aromatic rings. The lowest BCUT2D eigenvalue weighted by atomic mass is 9.98. The molecule has 1 aromatic heterocycles. The molecule has 1 amide bonds. The Morgan fingerprint density at radius 1 is 1.25 bits per heavy atom. The smallest absolute Gasteiger partial charge is 0.326 e. The Morgan fingerprint density at radius 3 is 2.46 bits per heavy atom. The van der Waals surface area contributed by atoms with Gasteiger partial charge in [0.25, 0.3) is 0 Å². The fraction of sp³-hybridized carbons (Fsp3) is 0.389. The molecule has 0 bridgehead atoms. The van der Waals surface area contributed by atoms with Crippen LogP contribution in [-0.4, -0.2) is 28.0 Å². The maximum atomic E-state index is 12.2. The van der Waals surface area contributed by atoms with Crippen LogP contribution in [0, 0.1) is 0 Å². The van der Waals surface area contributed by atoms with Crippen molar-refractivity contribution in [2.24, 2.45) is 0 Å². The molecule has 1 aromatic carbocycles. The van der Waals surface area contributed by atoms with Crippen LogP contribution >= 0.6 is 11.3 Å². The summed E-state index contributed by atoms with van der Waals surface area (Å²) in [6.45, 7) is 6.20. The van der Waals surface area contributed by atoms with Crippen LogP contribution in [0.15, 0.2) is 35.7 Å². The number of aliphatic carboxylic acids is 1. The topological polar surface area (TPSA) is 79.3 Å². The number of carboxylic acids is 1. The monoisotopic (exact) mass is 346 g/mol. The van der Waals surface area contributed by atoms with Crippen molar-refractivity contribution in [3.05, 3.63) is 52.0 Å². The second kappa shape index (κ2) is 7.57. The highest BCUT2D eigenvalue weighted by atomic mass is 32.1. The Kier molecular flexibility index (Phi) is 5.72. The van der Waals surface area contributed by atoms with Crippen LogP contribution in [0.4, 0.5) is 0 Å². The van der Waals surface area contributed by atoms with Crippen LogP contribution in [0.5, 0.6) is 0 Å². The first-order valence-electron chi connectivity index (χ1n) is 7.76. The maximum Gasteiger partial charge on any atom is 0.326 e. The van der Waals surface area contributed by atoms with Gasteiger partial charge in [0, 0.05) is 17.2 Å². The van der Waals surface area contributed by atoms with Gasteiger partial charge in [-0.05, 0) is 5.56 Å². The number of carboxylic acid groups (broad SMARTS) is 1. The number of nitrogens with zero attached hydrogens (tertiary/aromatic N) is 1. The molecule has 0 aliphatic rings. The van der Waals surface area contributed by atoms with Crippen molar-refractivity contribution in [3.63, 3.8) is 0 Å². The number of carbonyl (C=O) groups excluding carboxylic acids is 1. The van der Waals surface area contributed by atoms with Gasteiger partial charge < -0.3 is 10.4 Å². The third kappa shape index (κ3) is 5.16. The van der Waals surface area contributed by atoms with Crippen LogP contribution in [0.2, 0.25) is 0 Å². The Bertz CT molecular complexity index is 705. The molecule has 0 saturated heterocycles. The molecule has 2 rings (SSSR count). The standard InChI is InChI=1S/C18H22N2O3S/c1-18(2,3)17-19-13(11-24-17)10-15(21)20-14(16(22)23)9-12-7-5-4-6-8-12/h4-8,11,14H,9-10H2,1-3H3,(H,20,21)(H,22,23). The zero-order valence-corrected chi connectivity index (χ0v) is 14.9. The van der Waals surface area contributed by atoms with Gasteiger partial charge in [0.1, 0.15) is 6.04 Å². The molecular weight excluding hydrogens is 324 g/mol. The molecule has 2 N–H and O–H groups in total. The van der Waals surface area contributed by atoms with Crippen molar-refractivity contribution >= 4 is 23.2 Å². The number of hydrogen-bond acceptors (Lipinski definition) is 4. The predicted octanol–water partition coefficient (Wildman–Crippen LogP) is 2.80. The van der Waals surface area contributed by atoms with Crippen molar-refractivity contribution in [2.45, 2.75) is 45.1 Å². The number of nitrogens with one attached hydrogen (secondary N) is 1. The van der Waals surface area contributed by atoms with E-state index in [1.807, 2.05) is 35.7 Å². The molecule has 0 saturated carbocycles. The summed E-state index contributed by atoms with van der Waals surface area (Å²) >= 11 is 1.52. The molecule has 1 unspecified atom stereocenters. The lowest BCUT2D eigenvalue weighted by molar-refractivity contribution is -0.141. The number of rotatable bonds is 6. The van der Waals surface area contributed by atoms with Gasteiger partial charge in [0.05, 0.1) is 17.1 Å². The SMILES string of the molecule is CC(C)(C)c1nc(CC(=O)NC(Cc2ccccc2)C(=O)O)cs1. The molecule has 24 heavy (non-hydrogen) atoms. The molecule has 6 heteroatoms. The zero-order chi connectivity index (χ0) is 17.7. The molecule has 128 valence electrons. The largest absolute Gasteiger partial charge is 0.480 e. The third-order valence-electron chi connectivity index (χ3n) is 3.45. The van der Waals surface area contributed by atoms with Crippen molar-refractivity contribution in [1.29, 1.82) is 0 Å². The summed E-state index contributed by atoms with van der Waals surface area (Å²) in [5, 5.41) is 14.7. The van der Waals surface area contributed by atoms with Crippen LogP contribution in [0.1, 0.15) is 37.0 Å². The molecule has 0 fully saturated rings. The van der Waals surface area contributed by atoms with E-state index in [0.29, 0.717) is 5.69 Å². The number of aromatic nitrogens is 1. The molecule has 0 radical (unpaired) electrons. The minimum Gasteiger partial charge on any atom is -0.480 e. The summed E-state index contributed by atoms with van der Waals surface area (Å²) in [5.41, 5.74) is 1.48. The number of thiazole rings is 1. The first-order chi connectivity index (χ1) is 11.3. The summed E-state index contributed by atoms with van der Waals surface area (Å²) in [6, 6.07) is 8.31. The van der Waals surface area contributed by atoms with Crippen LogP contribution in [0.25, 0.3) is 0 Å². The van der Waals surface area contributed by atoms with Crippen molar-refractivity contribution < 1.29 is 14.7 Å². The lowest BCUT2D eigenvalue weighted by Gasteiger charge is -2.15. The Balaban J connectivity index is 1.98. The molecule has 0 spiro atoms. The zero-order valence-electron chi connectivity index (χ0n) is 14.1. The van der Waals surface area contributed by atoms with E-state index in [2.05, 4.69) is 31.1 Å². The predicted molar refractivity (Wildman–Crippen MR) is 94.2 cm³/mol. The highest BCUT2D eigenvalue weighted by Gasteiger charge is 2.22. The highest BCUT2D eigenvalue weighted by molar-refractivity contribution is 7.09. The highest BCUT2D eigenvalue weighted by Crippen LogP contribution is 2.25. The van der Waals surface area contributed by atoms with Crippen molar-refractivity contribution in [2.75, 3.05) is 0 Å². The first kappa shape index (κ1) is 18.1. The van der Waals surface area contributed by atoms with Gasteiger partial charge in [-0.25, -0.2) is 9.78 Å². The number of hydrogen-bond donors (Lipinski definition) is 2. The Hall–Kier alpha value is -2.21. The van der Waals surface area contributed by atoms with E-state index in [-0.39, 0.29) is 24.2 Å². The van der Waals surface area contributed by atoms with Crippen LogP contribution in [-0.2, 0) is 27.8 Å². The van der Waals surface area contributed by atoms with E-state index >= 15 is 0 Å². The van der Waals surface area contributed by atoms with Crippen LogP contribution in [0.3, 0.4) is 0 Å². The number of amides is 1.